The lowest BCUT2D eigenvalue weighted by Gasteiger charge is -2.29. The van der Waals surface area contributed by atoms with Crippen LogP contribution in [-0.4, -0.2) is 35.3 Å². The number of thiazole rings is 1. The highest BCUT2D eigenvalue weighted by Crippen LogP contribution is 2.39. The predicted octanol–water partition coefficient (Wildman–Crippen LogP) is 5.37. The van der Waals surface area contributed by atoms with Crippen molar-refractivity contribution in [2.75, 3.05) is 18.9 Å². The average Bonchev–Trinajstić information content (AvgIpc) is 3.20. The van der Waals surface area contributed by atoms with Gasteiger partial charge in [0.2, 0.25) is 11.8 Å². The molecule has 32 heavy (non-hydrogen) atoms. The van der Waals surface area contributed by atoms with E-state index in [9.17, 15) is 9.59 Å². The van der Waals surface area contributed by atoms with Crippen molar-refractivity contribution in [3.63, 3.8) is 0 Å². The second kappa shape index (κ2) is 9.25. The number of likely N-dealkylation sites (N-methyl/N-ethyl adjacent to an activating group) is 1. The van der Waals surface area contributed by atoms with E-state index in [0.717, 1.165) is 44.0 Å². The summed E-state index contributed by atoms with van der Waals surface area (Å²) in [6.07, 6.45) is 5.66. The van der Waals surface area contributed by atoms with E-state index in [4.69, 9.17) is 4.98 Å². The van der Waals surface area contributed by atoms with Crippen LogP contribution in [0.2, 0.25) is 0 Å². The summed E-state index contributed by atoms with van der Waals surface area (Å²) in [4.78, 5) is 32.5. The molecule has 1 aliphatic carbocycles. The van der Waals surface area contributed by atoms with Crippen molar-refractivity contribution in [3.05, 3.63) is 70.2 Å². The molecule has 0 spiro atoms. The van der Waals surface area contributed by atoms with Crippen molar-refractivity contribution in [2.45, 2.75) is 39.5 Å². The number of aromatic nitrogens is 1. The second-order valence-corrected chi connectivity index (χ2v) is 9.75. The Morgan fingerprint density at radius 1 is 1.09 bits per heavy atom. The van der Waals surface area contributed by atoms with E-state index in [0.29, 0.717) is 6.42 Å². The van der Waals surface area contributed by atoms with Gasteiger partial charge in [0, 0.05) is 18.7 Å². The Kier molecular flexibility index (Phi) is 6.42. The average molecular weight is 448 g/mol. The van der Waals surface area contributed by atoms with Gasteiger partial charge in [-0.1, -0.05) is 42.0 Å². The van der Waals surface area contributed by atoms with Crippen LogP contribution in [0.4, 0.5) is 5.69 Å². The quantitative estimate of drug-likeness (QED) is 0.535. The van der Waals surface area contributed by atoms with E-state index >= 15 is 0 Å². The van der Waals surface area contributed by atoms with Crippen molar-refractivity contribution in [3.8, 4) is 0 Å². The number of hydrogen-bond donors (Lipinski definition) is 1. The van der Waals surface area contributed by atoms with Crippen LogP contribution in [0.5, 0.6) is 0 Å². The Hall–Kier alpha value is -2.99. The lowest BCUT2D eigenvalue weighted by molar-refractivity contribution is -0.137. The molecule has 2 amide bonds. The SMILES string of the molecule is Cc1cc(C)c(NC(=O)CN(C)C(=O)C2CC=CCC2c2nc3ccccc3s2)c(C)c1. The van der Waals surface area contributed by atoms with E-state index in [2.05, 4.69) is 35.7 Å². The van der Waals surface area contributed by atoms with Crippen molar-refractivity contribution >= 4 is 39.1 Å². The summed E-state index contributed by atoms with van der Waals surface area (Å²) < 4.78 is 1.14. The number of fused-ring (bicyclic) bond motifs is 1. The third-order valence-electron chi connectivity index (χ3n) is 6.08. The van der Waals surface area contributed by atoms with E-state index in [1.165, 1.54) is 0 Å². The maximum atomic E-state index is 13.4. The second-order valence-electron chi connectivity index (χ2n) is 8.69. The zero-order chi connectivity index (χ0) is 22.8. The number of hydrogen-bond acceptors (Lipinski definition) is 4. The number of rotatable bonds is 5. The third kappa shape index (κ3) is 4.60. The van der Waals surface area contributed by atoms with Gasteiger partial charge < -0.3 is 10.2 Å². The number of benzene rings is 2. The van der Waals surface area contributed by atoms with Crippen LogP contribution < -0.4 is 5.32 Å². The largest absolute Gasteiger partial charge is 0.336 e. The van der Waals surface area contributed by atoms with Gasteiger partial charge in [0.05, 0.1) is 27.7 Å². The molecule has 166 valence electrons. The monoisotopic (exact) mass is 447 g/mol. The number of para-hydroxylation sites is 1. The van der Waals surface area contributed by atoms with Crippen LogP contribution in [0, 0.1) is 26.7 Å². The molecular weight excluding hydrogens is 418 g/mol. The molecule has 2 aromatic carbocycles. The first kappa shape index (κ1) is 22.2. The van der Waals surface area contributed by atoms with Crippen LogP contribution in [-0.2, 0) is 9.59 Å². The van der Waals surface area contributed by atoms with Crippen LogP contribution in [0.15, 0.2) is 48.6 Å². The summed E-state index contributed by atoms with van der Waals surface area (Å²) in [5, 5.41) is 4.00. The van der Waals surface area contributed by atoms with Gasteiger partial charge in [-0.05, 0) is 56.9 Å². The molecule has 5 nitrogen and oxygen atoms in total. The Labute approximate surface area is 193 Å². The molecule has 0 saturated carbocycles. The number of aryl methyl sites for hydroxylation is 3. The molecule has 0 bridgehead atoms. The standard InChI is InChI=1S/C26H29N3O2S/c1-16-13-17(2)24(18(3)14-16)28-23(30)15-29(4)26(31)20-10-6-5-9-19(20)25-27-21-11-7-8-12-22(21)32-25/h5-8,11-14,19-20H,9-10,15H2,1-4H3,(H,28,30). The smallest absolute Gasteiger partial charge is 0.243 e. The van der Waals surface area contributed by atoms with Gasteiger partial charge in [0.1, 0.15) is 0 Å². The van der Waals surface area contributed by atoms with Crippen LogP contribution in [0.3, 0.4) is 0 Å². The molecule has 0 radical (unpaired) electrons. The van der Waals surface area contributed by atoms with Gasteiger partial charge in [-0.25, -0.2) is 4.98 Å². The fraction of sp³-hybridized carbons (Fsp3) is 0.346. The zero-order valence-electron chi connectivity index (χ0n) is 19.0. The van der Waals surface area contributed by atoms with Crippen LogP contribution in [0.25, 0.3) is 10.2 Å². The van der Waals surface area contributed by atoms with Crippen molar-refractivity contribution in [1.82, 2.24) is 9.88 Å². The maximum absolute atomic E-state index is 13.4. The number of carbonyl (C=O) groups is 2. The predicted molar refractivity (Wildman–Crippen MR) is 131 cm³/mol. The van der Waals surface area contributed by atoms with Crippen LogP contribution >= 0.6 is 11.3 Å². The molecule has 0 aliphatic heterocycles. The lowest BCUT2D eigenvalue weighted by atomic mass is 9.82. The molecule has 2 unspecified atom stereocenters. The molecule has 3 aromatic rings. The Bertz CT molecular complexity index is 1140. The summed E-state index contributed by atoms with van der Waals surface area (Å²) in [5.41, 5.74) is 5.02. The minimum absolute atomic E-state index is 0.00824. The zero-order valence-corrected chi connectivity index (χ0v) is 19.8. The van der Waals surface area contributed by atoms with Gasteiger partial charge in [-0.15, -0.1) is 11.3 Å². The summed E-state index contributed by atoms with van der Waals surface area (Å²) in [7, 11) is 1.71. The first-order valence-corrected chi connectivity index (χ1v) is 11.8. The van der Waals surface area contributed by atoms with Crippen molar-refractivity contribution in [1.29, 1.82) is 0 Å². The molecular formula is C26H29N3O2S. The molecule has 6 heteroatoms. The molecule has 1 N–H and O–H groups in total. The summed E-state index contributed by atoms with van der Waals surface area (Å²) >= 11 is 1.66. The van der Waals surface area contributed by atoms with Gasteiger partial charge in [0.15, 0.2) is 0 Å². The Balaban J connectivity index is 1.47. The fourth-order valence-corrected chi connectivity index (χ4v) is 5.69. The van der Waals surface area contributed by atoms with Gasteiger partial charge in [-0.3, -0.25) is 9.59 Å². The molecule has 2 atom stereocenters. The number of anilines is 1. The highest BCUT2D eigenvalue weighted by atomic mass is 32.1. The van der Waals surface area contributed by atoms with Gasteiger partial charge in [-0.2, -0.15) is 0 Å². The molecule has 1 aliphatic rings. The highest BCUT2D eigenvalue weighted by molar-refractivity contribution is 7.18. The molecule has 1 aromatic heterocycles. The van der Waals surface area contributed by atoms with E-state index in [-0.39, 0.29) is 30.2 Å². The minimum Gasteiger partial charge on any atom is -0.336 e. The van der Waals surface area contributed by atoms with Gasteiger partial charge in [0.25, 0.3) is 0 Å². The number of nitrogens with zero attached hydrogens (tertiary/aromatic N) is 2. The Morgan fingerprint density at radius 3 is 2.50 bits per heavy atom. The molecule has 4 rings (SSSR count). The van der Waals surface area contributed by atoms with Gasteiger partial charge >= 0.3 is 0 Å². The lowest BCUT2D eigenvalue weighted by Crippen LogP contribution is -2.40. The highest BCUT2D eigenvalue weighted by Gasteiger charge is 2.34. The fourth-order valence-electron chi connectivity index (χ4n) is 4.54. The first-order valence-electron chi connectivity index (χ1n) is 11.0. The molecule has 0 fully saturated rings. The van der Waals surface area contributed by atoms with E-state index in [1.54, 1.807) is 23.3 Å². The topological polar surface area (TPSA) is 62.3 Å². The Morgan fingerprint density at radius 2 is 1.78 bits per heavy atom. The molecule has 1 heterocycles. The summed E-state index contributed by atoms with van der Waals surface area (Å²) in [6, 6.07) is 12.2. The summed E-state index contributed by atoms with van der Waals surface area (Å²) in [6.45, 7) is 6.04. The van der Waals surface area contributed by atoms with E-state index in [1.807, 2.05) is 39.0 Å². The molecule has 0 saturated heterocycles. The number of nitrogens with one attached hydrogen (secondary N) is 1. The summed E-state index contributed by atoms with van der Waals surface area (Å²) in [5.74, 6) is -0.358. The first-order chi connectivity index (χ1) is 15.3. The number of amides is 2. The maximum Gasteiger partial charge on any atom is 0.243 e. The van der Waals surface area contributed by atoms with Crippen molar-refractivity contribution < 1.29 is 9.59 Å². The number of carbonyl (C=O) groups excluding carboxylic acids is 2. The number of allylic oxidation sites excluding steroid dienone is 2. The minimum atomic E-state index is -0.207. The van der Waals surface area contributed by atoms with Crippen molar-refractivity contribution in [2.24, 2.45) is 5.92 Å². The van der Waals surface area contributed by atoms with E-state index < -0.39 is 0 Å². The van der Waals surface area contributed by atoms with Crippen LogP contribution in [0.1, 0.15) is 40.5 Å². The normalized spacial score (nSPS) is 18.0. The third-order valence-corrected chi connectivity index (χ3v) is 7.24.